The molecule has 1 aliphatic heterocycles. The van der Waals surface area contributed by atoms with Gasteiger partial charge in [-0.05, 0) is 36.9 Å². The average Bonchev–Trinajstić information content (AvgIpc) is 2.52. The highest BCUT2D eigenvalue weighted by Gasteiger charge is 2.19. The first kappa shape index (κ1) is 16.3. The molecule has 0 aliphatic carbocycles. The largest absolute Gasteiger partial charge is 0.396 e. The molecule has 1 amide bonds. The number of amides is 1. The van der Waals surface area contributed by atoms with E-state index in [9.17, 15) is 9.90 Å². The number of piperidine rings is 1. The average molecular weight is 311 g/mol. The van der Waals surface area contributed by atoms with Crippen molar-refractivity contribution in [1.82, 2.24) is 10.2 Å². The third kappa shape index (κ3) is 5.30. The lowest BCUT2D eigenvalue weighted by Crippen LogP contribution is -2.39. The summed E-state index contributed by atoms with van der Waals surface area (Å²) in [7, 11) is 0. The first-order chi connectivity index (χ1) is 10.2. The normalized spacial score (nSPS) is 19.4. The Hall–Kier alpha value is -1.10. The first-order valence-corrected chi connectivity index (χ1v) is 7.90. The molecule has 21 heavy (non-hydrogen) atoms. The van der Waals surface area contributed by atoms with E-state index in [1.807, 2.05) is 24.3 Å². The zero-order valence-electron chi connectivity index (χ0n) is 12.2. The molecule has 1 atom stereocenters. The van der Waals surface area contributed by atoms with Gasteiger partial charge in [-0.1, -0.05) is 29.8 Å². The van der Waals surface area contributed by atoms with Crippen molar-refractivity contribution in [3.05, 3.63) is 34.9 Å². The minimum absolute atomic E-state index is 0.0426. The molecule has 1 aliphatic rings. The fourth-order valence-electron chi connectivity index (χ4n) is 2.69. The summed E-state index contributed by atoms with van der Waals surface area (Å²) in [6.07, 6.45) is 2.68. The Bertz CT molecular complexity index is 467. The van der Waals surface area contributed by atoms with Crippen LogP contribution in [0.3, 0.4) is 0 Å². The number of rotatable bonds is 6. The van der Waals surface area contributed by atoms with Crippen molar-refractivity contribution in [2.75, 3.05) is 26.2 Å². The van der Waals surface area contributed by atoms with Gasteiger partial charge >= 0.3 is 0 Å². The van der Waals surface area contributed by atoms with Gasteiger partial charge in [0.2, 0.25) is 5.91 Å². The van der Waals surface area contributed by atoms with E-state index in [1.165, 1.54) is 0 Å². The molecule has 4 nitrogen and oxygen atoms in total. The molecular weight excluding hydrogens is 288 g/mol. The van der Waals surface area contributed by atoms with Gasteiger partial charge in [0, 0.05) is 37.7 Å². The van der Waals surface area contributed by atoms with E-state index in [0.29, 0.717) is 23.9 Å². The van der Waals surface area contributed by atoms with Gasteiger partial charge in [0.05, 0.1) is 0 Å². The van der Waals surface area contributed by atoms with E-state index in [1.54, 1.807) is 0 Å². The second-order valence-electron chi connectivity index (χ2n) is 5.61. The number of hydrogen-bond acceptors (Lipinski definition) is 3. The highest BCUT2D eigenvalue weighted by molar-refractivity contribution is 6.31. The first-order valence-electron chi connectivity index (χ1n) is 7.52. The molecule has 1 saturated heterocycles. The summed E-state index contributed by atoms with van der Waals surface area (Å²) in [6, 6.07) is 7.53. The van der Waals surface area contributed by atoms with Crippen LogP contribution in [0.1, 0.15) is 24.8 Å². The fraction of sp³-hybridized carbons (Fsp3) is 0.562. The molecule has 1 aromatic rings. The number of likely N-dealkylation sites (tertiary alicyclic amines) is 1. The second-order valence-corrected chi connectivity index (χ2v) is 6.02. The number of aliphatic hydroxyl groups excluding tert-OH is 1. The Morgan fingerprint density at radius 1 is 1.43 bits per heavy atom. The molecule has 1 heterocycles. The second kappa shape index (κ2) is 8.37. The zero-order chi connectivity index (χ0) is 15.1. The lowest BCUT2D eigenvalue weighted by atomic mass is 9.99. The highest BCUT2D eigenvalue weighted by Crippen LogP contribution is 2.16. The zero-order valence-corrected chi connectivity index (χ0v) is 13.0. The maximum Gasteiger partial charge on any atom is 0.221 e. The summed E-state index contributed by atoms with van der Waals surface area (Å²) in [5.74, 6) is 0.408. The van der Waals surface area contributed by atoms with Gasteiger partial charge in [0.25, 0.3) is 0 Å². The Balaban J connectivity index is 1.69. The van der Waals surface area contributed by atoms with E-state index in [4.69, 9.17) is 11.6 Å². The van der Waals surface area contributed by atoms with Crippen LogP contribution in [-0.2, 0) is 11.3 Å². The SMILES string of the molecule is O=C(CCN1CCCC(CO)C1)NCc1ccccc1Cl. The van der Waals surface area contributed by atoms with Crippen molar-refractivity contribution >= 4 is 17.5 Å². The topological polar surface area (TPSA) is 52.6 Å². The van der Waals surface area contributed by atoms with Gasteiger partial charge in [0.15, 0.2) is 0 Å². The molecular formula is C16H23ClN2O2. The maximum atomic E-state index is 11.9. The Morgan fingerprint density at radius 2 is 2.24 bits per heavy atom. The van der Waals surface area contributed by atoms with Crippen LogP contribution in [0.25, 0.3) is 0 Å². The maximum absolute atomic E-state index is 11.9. The number of nitrogens with zero attached hydrogens (tertiary/aromatic N) is 1. The van der Waals surface area contributed by atoms with Crippen molar-refractivity contribution < 1.29 is 9.90 Å². The van der Waals surface area contributed by atoms with Crippen LogP contribution in [-0.4, -0.2) is 42.2 Å². The lowest BCUT2D eigenvalue weighted by molar-refractivity contribution is -0.121. The molecule has 5 heteroatoms. The van der Waals surface area contributed by atoms with E-state index >= 15 is 0 Å². The predicted octanol–water partition coefficient (Wildman–Crippen LogP) is 2.05. The number of hydrogen-bond donors (Lipinski definition) is 2. The Labute approximate surface area is 131 Å². The molecule has 1 unspecified atom stereocenters. The number of benzene rings is 1. The van der Waals surface area contributed by atoms with Crippen LogP contribution in [0.4, 0.5) is 0 Å². The standard InChI is InChI=1S/C16H23ClN2O2/c17-15-6-2-1-5-14(15)10-18-16(21)7-9-19-8-3-4-13(11-19)12-20/h1-2,5-6,13,20H,3-4,7-12H2,(H,18,21). The number of nitrogens with one attached hydrogen (secondary N) is 1. The minimum Gasteiger partial charge on any atom is -0.396 e. The van der Waals surface area contributed by atoms with Crippen molar-refractivity contribution in [3.63, 3.8) is 0 Å². The van der Waals surface area contributed by atoms with E-state index < -0.39 is 0 Å². The van der Waals surface area contributed by atoms with Crippen molar-refractivity contribution in [3.8, 4) is 0 Å². The van der Waals surface area contributed by atoms with Crippen molar-refractivity contribution in [2.45, 2.75) is 25.8 Å². The van der Waals surface area contributed by atoms with E-state index in [2.05, 4.69) is 10.2 Å². The third-order valence-corrected chi connectivity index (χ3v) is 4.32. The van der Waals surface area contributed by atoms with E-state index in [0.717, 1.165) is 38.0 Å². The molecule has 2 rings (SSSR count). The fourth-order valence-corrected chi connectivity index (χ4v) is 2.89. The molecule has 116 valence electrons. The van der Waals surface area contributed by atoms with E-state index in [-0.39, 0.29) is 12.5 Å². The summed E-state index contributed by atoms with van der Waals surface area (Å²) < 4.78 is 0. The molecule has 0 radical (unpaired) electrons. The predicted molar refractivity (Wildman–Crippen MR) is 84.2 cm³/mol. The van der Waals surface area contributed by atoms with Crippen LogP contribution in [0.15, 0.2) is 24.3 Å². The minimum atomic E-state index is 0.0426. The van der Waals surface area contributed by atoms with Crippen LogP contribution in [0.5, 0.6) is 0 Å². The quantitative estimate of drug-likeness (QED) is 0.845. The smallest absolute Gasteiger partial charge is 0.221 e. The number of halogens is 1. The number of aliphatic hydroxyl groups is 1. The van der Waals surface area contributed by atoms with Gasteiger partial charge in [-0.2, -0.15) is 0 Å². The van der Waals surface area contributed by atoms with Gasteiger partial charge < -0.3 is 15.3 Å². The summed E-state index contributed by atoms with van der Waals surface area (Å²) >= 11 is 6.06. The number of carbonyl (C=O) groups is 1. The Morgan fingerprint density at radius 3 is 3.00 bits per heavy atom. The summed E-state index contributed by atoms with van der Waals surface area (Å²) in [5, 5.41) is 12.8. The molecule has 0 bridgehead atoms. The van der Waals surface area contributed by atoms with Crippen LogP contribution in [0.2, 0.25) is 5.02 Å². The highest BCUT2D eigenvalue weighted by atomic mass is 35.5. The van der Waals surface area contributed by atoms with Gasteiger partial charge in [-0.25, -0.2) is 0 Å². The molecule has 0 saturated carbocycles. The van der Waals surface area contributed by atoms with Crippen LogP contribution in [0, 0.1) is 5.92 Å². The molecule has 0 spiro atoms. The monoisotopic (exact) mass is 310 g/mol. The molecule has 1 aromatic carbocycles. The van der Waals surface area contributed by atoms with Gasteiger partial charge in [0.1, 0.15) is 0 Å². The number of carbonyl (C=O) groups excluding carboxylic acids is 1. The third-order valence-electron chi connectivity index (χ3n) is 3.95. The lowest BCUT2D eigenvalue weighted by Gasteiger charge is -2.31. The van der Waals surface area contributed by atoms with Gasteiger partial charge in [-0.15, -0.1) is 0 Å². The van der Waals surface area contributed by atoms with Gasteiger partial charge in [-0.3, -0.25) is 4.79 Å². The molecule has 1 fully saturated rings. The molecule has 2 N–H and O–H groups in total. The summed E-state index contributed by atoms with van der Waals surface area (Å²) in [5.41, 5.74) is 0.936. The van der Waals surface area contributed by atoms with Crippen LogP contribution < -0.4 is 5.32 Å². The van der Waals surface area contributed by atoms with Crippen molar-refractivity contribution in [1.29, 1.82) is 0 Å². The molecule has 0 aromatic heterocycles. The Kier molecular flexibility index (Phi) is 6.49. The summed E-state index contributed by atoms with van der Waals surface area (Å²) in [6.45, 7) is 3.39. The van der Waals surface area contributed by atoms with Crippen LogP contribution >= 0.6 is 11.6 Å². The summed E-state index contributed by atoms with van der Waals surface area (Å²) in [4.78, 5) is 14.2. The van der Waals surface area contributed by atoms with Crippen molar-refractivity contribution in [2.24, 2.45) is 5.92 Å².